The molecule has 0 aliphatic carbocycles. The molecule has 2 heterocycles. The van der Waals surface area contributed by atoms with Gasteiger partial charge in [-0.25, -0.2) is 0 Å². The van der Waals surface area contributed by atoms with Crippen LogP contribution in [-0.4, -0.2) is 76.7 Å². The number of methoxy groups -OCH3 is 1. The van der Waals surface area contributed by atoms with Crippen LogP contribution in [-0.2, 0) is 9.53 Å². The van der Waals surface area contributed by atoms with Gasteiger partial charge in [0.1, 0.15) is 24.0 Å². The molecule has 10 nitrogen and oxygen atoms in total. The van der Waals surface area contributed by atoms with Gasteiger partial charge in [0.25, 0.3) is 0 Å². The van der Waals surface area contributed by atoms with Gasteiger partial charge >= 0.3 is 0 Å². The van der Waals surface area contributed by atoms with Gasteiger partial charge in [0.2, 0.25) is 5.91 Å². The van der Waals surface area contributed by atoms with E-state index in [1.807, 2.05) is 50.2 Å². The molecule has 2 aliphatic rings. The molecule has 4 rings (SSSR count). The van der Waals surface area contributed by atoms with Gasteiger partial charge in [-0.05, 0) is 77.6 Å². The van der Waals surface area contributed by atoms with Crippen molar-refractivity contribution in [1.82, 2.24) is 10.2 Å². The van der Waals surface area contributed by atoms with Crippen molar-refractivity contribution in [2.75, 3.05) is 58.1 Å². The number of nitriles is 1. The van der Waals surface area contributed by atoms with Gasteiger partial charge in [-0.15, -0.1) is 0 Å². The molecule has 2 aromatic rings. The fourth-order valence-electron chi connectivity index (χ4n) is 5.24. The van der Waals surface area contributed by atoms with E-state index in [0.717, 1.165) is 43.6 Å². The molecule has 4 unspecified atom stereocenters. The number of hydrogen-bond acceptors (Lipinski definition) is 9. The summed E-state index contributed by atoms with van der Waals surface area (Å²) in [5, 5.41) is 20.3. The maximum absolute atomic E-state index is 12.8. The smallest absolute Gasteiger partial charge is 0.224 e. The third-order valence-corrected chi connectivity index (χ3v) is 7.72. The van der Waals surface area contributed by atoms with E-state index in [1.165, 1.54) is 0 Å². The molecular formula is C31H41ClN6O4. The van der Waals surface area contributed by atoms with Gasteiger partial charge in [0.15, 0.2) is 0 Å². The van der Waals surface area contributed by atoms with E-state index < -0.39 is 12.0 Å². The van der Waals surface area contributed by atoms with Crippen LogP contribution < -0.4 is 25.4 Å². The maximum atomic E-state index is 12.8. The second-order valence-corrected chi connectivity index (χ2v) is 11.2. The molecule has 42 heavy (non-hydrogen) atoms. The number of ether oxygens (including phenoxy) is 3. The Morgan fingerprint density at radius 2 is 2.07 bits per heavy atom. The SMILES string of the molecule is CCOc1cc2c(cc1NC(=O)CCCN(C)C)C(Nc1ccc(OCC3NCCCC3OC)c(Cl)c1)C(C#N)C=N2. The molecule has 0 radical (unpaired) electrons. The van der Waals surface area contributed by atoms with Crippen molar-refractivity contribution in [3.05, 3.63) is 40.9 Å². The Balaban J connectivity index is 1.52. The number of nitrogens with zero attached hydrogens (tertiary/aromatic N) is 3. The highest BCUT2D eigenvalue weighted by Gasteiger charge is 2.30. The first kappa shape index (κ1) is 31.6. The van der Waals surface area contributed by atoms with Crippen LogP contribution in [0.3, 0.4) is 0 Å². The molecule has 11 heteroatoms. The largest absolute Gasteiger partial charge is 0.492 e. The lowest BCUT2D eigenvalue weighted by molar-refractivity contribution is -0.116. The maximum Gasteiger partial charge on any atom is 0.224 e. The zero-order valence-electron chi connectivity index (χ0n) is 24.8. The van der Waals surface area contributed by atoms with E-state index in [4.69, 9.17) is 25.8 Å². The minimum atomic E-state index is -0.544. The van der Waals surface area contributed by atoms with Crippen LogP contribution in [0.4, 0.5) is 17.1 Å². The zero-order valence-corrected chi connectivity index (χ0v) is 25.5. The molecule has 0 bridgehead atoms. The molecular weight excluding hydrogens is 556 g/mol. The topological polar surface area (TPSA) is 120 Å². The number of amides is 1. The Morgan fingerprint density at radius 1 is 1.24 bits per heavy atom. The van der Waals surface area contributed by atoms with Crippen LogP contribution in [0, 0.1) is 17.2 Å². The number of anilines is 2. The predicted molar refractivity (Wildman–Crippen MR) is 166 cm³/mol. The molecule has 226 valence electrons. The van der Waals surface area contributed by atoms with Gasteiger partial charge in [-0.1, -0.05) is 11.6 Å². The number of aliphatic imine (C=N–C) groups is 1. The quantitative estimate of drug-likeness (QED) is 0.289. The zero-order chi connectivity index (χ0) is 30.1. The Labute approximate surface area is 253 Å². The Morgan fingerprint density at radius 3 is 2.79 bits per heavy atom. The average molecular weight is 597 g/mol. The lowest BCUT2D eigenvalue weighted by Crippen LogP contribution is -2.49. The van der Waals surface area contributed by atoms with Crippen LogP contribution in [0.1, 0.15) is 44.2 Å². The second kappa shape index (κ2) is 15.2. The lowest BCUT2D eigenvalue weighted by atomic mass is 9.90. The Bertz CT molecular complexity index is 1300. The summed E-state index contributed by atoms with van der Waals surface area (Å²) in [6.45, 7) is 4.52. The fourth-order valence-corrected chi connectivity index (χ4v) is 5.48. The van der Waals surface area contributed by atoms with E-state index in [1.54, 1.807) is 19.4 Å². The number of rotatable bonds is 13. The number of piperidine rings is 1. The van der Waals surface area contributed by atoms with Crippen LogP contribution in [0.25, 0.3) is 0 Å². The fraction of sp³-hybridized carbons (Fsp3) is 0.516. The standard InChI is InChI=1S/C31H41ClN6O4/c1-5-41-29-16-24-22(15-25(29)37-30(39)9-7-13-38(2)3)31(20(17-33)18-35-24)36-21-10-11-27(23(32)14-21)42-19-26-28(40-4)8-6-12-34-26/h10-11,14-16,18,20,26,28,31,34,36H,5-9,12-13,19H2,1-4H3,(H,37,39). The minimum Gasteiger partial charge on any atom is -0.492 e. The lowest BCUT2D eigenvalue weighted by Gasteiger charge is -2.31. The molecule has 4 atom stereocenters. The van der Waals surface area contributed by atoms with Gasteiger partial charge in [-0.3, -0.25) is 9.79 Å². The summed E-state index contributed by atoms with van der Waals surface area (Å²) >= 11 is 6.63. The summed E-state index contributed by atoms with van der Waals surface area (Å²) in [5.41, 5.74) is 2.74. The number of benzene rings is 2. The van der Waals surface area contributed by atoms with E-state index in [9.17, 15) is 10.1 Å². The Hall–Kier alpha value is -3.36. The molecule has 2 aliphatic heterocycles. The monoisotopic (exact) mass is 596 g/mol. The average Bonchev–Trinajstić information content (AvgIpc) is 2.97. The molecule has 2 aromatic carbocycles. The van der Waals surface area contributed by atoms with Crippen molar-refractivity contribution in [2.24, 2.45) is 10.9 Å². The third kappa shape index (κ3) is 8.13. The van der Waals surface area contributed by atoms with Crippen LogP contribution >= 0.6 is 11.6 Å². The van der Waals surface area contributed by atoms with Crippen molar-refractivity contribution < 1.29 is 19.0 Å². The van der Waals surface area contributed by atoms with E-state index >= 15 is 0 Å². The summed E-state index contributed by atoms with van der Waals surface area (Å²) in [7, 11) is 5.68. The van der Waals surface area contributed by atoms with Crippen molar-refractivity contribution in [3.63, 3.8) is 0 Å². The predicted octanol–water partition coefficient (Wildman–Crippen LogP) is 5.17. The summed E-state index contributed by atoms with van der Waals surface area (Å²) in [4.78, 5) is 19.3. The van der Waals surface area contributed by atoms with Crippen molar-refractivity contribution in [1.29, 1.82) is 5.26 Å². The summed E-state index contributed by atoms with van der Waals surface area (Å²) in [5.74, 6) is 0.474. The highest BCUT2D eigenvalue weighted by molar-refractivity contribution is 6.32. The normalized spacial score (nSPS) is 21.4. The van der Waals surface area contributed by atoms with Crippen LogP contribution in [0.15, 0.2) is 35.3 Å². The molecule has 1 fully saturated rings. The first-order valence-electron chi connectivity index (χ1n) is 14.5. The second-order valence-electron chi connectivity index (χ2n) is 10.8. The van der Waals surface area contributed by atoms with E-state index in [-0.39, 0.29) is 18.1 Å². The molecule has 0 aromatic heterocycles. The number of carbonyl (C=O) groups is 1. The van der Waals surface area contributed by atoms with Crippen LogP contribution in [0.2, 0.25) is 5.02 Å². The molecule has 3 N–H and O–H groups in total. The third-order valence-electron chi connectivity index (χ3n) is 7.43. The van der Waals surface area contributed by atoms with Gasteiger partial charge < -0.3 is 35.1 Å². The molecule has 1 amide bonds. The summed E-state index contributed by atoms with van der Waals surface area (Å²) < 4.78 is 17.5. The van der Waals surface area contributed by atoms with Gasteiger partial charge in [0, 0.05) is 37.1 Å². The summed E-state index contributed by atoms with van der Waals surface area (Å²) in [6, 6.07) is 11.2. The first-order valence-corrected chi connectivity index (χ1v) is 14.8. The highest BCUT2D eigenvalue weighted by atomic mass is 35.5. The first-order chi connectivity index (χ1) is 20.3. The highest BCUT2D eigenvalue weighted by Crippen LogP contribution is 2.43. The molecule has 0 saturated carbocycles. The van der Waals surface area contributed by atoms with E-state index in [0.29, 0.717) is 47.5 Å². The summed E-state index contributed by atoms with van der Waals surface area (Å²) in [6.07, 6.45) is 4.93. The Kier molecular flexibility index (Phi) is 11.4. The number of halogens is 1. The van der Waals surface area contributed by atoms with Crippen molar-refractivity contribution in [2.45, 2.75) is 50.8 Å². The number of carbonyl (C=O) groups excluding carboxylic acids is 1. The molecule has 1 saturated heterocycles. The van der Waals surface area contributed by atoms with Gasteiger partial charge in [0.05, 0.1) is 47.3 Å². The van der Waals surface area contributed by atoms with Crippen molar-refractivity contribution >= 4 is 40.8 Å². The van der Waals surface area contributed by atoms with Crippen LogP contribution in [0.5, 0.6) is 11.5 Å². The minimum absolute atomic E-state index is 0.0938. The van der Waals surface area contributed by atoms with Crippen molar-refractivity contribution in [3.8, 4) is 17.6 Å². The van der Waals surface area contributed by atoms with E-state index in [2.05, 4.69) is 27.0 Å². The van der Waals surface area contributed by atoms with Gasteiger partial charge in [-0.2, -0.15) is 5.26 Å². The molecule has 0 spiro atoms. The number of fused-ring (bicyclic) bond motifs is 1. The number of nitrogens with one attached hydrogen (secondary N) is 3. The number of hydrogen-bond donors (Lipinski definition) is 3.